The van der Waals surface area contributed by atoms with Crippen LogP contribution < -0.4 is 9.54 Å². The number of benzene rings is 2. The molecule has 32 heavy (non-hydrogen) atoms. The highest BCUT2D eigenvalue weighted by molar-refractivity contribution is 7.89. The van der Waals surface area contributed by atoms with E-state index in [1.807, 2.05) is 19.1 Å². The van der Waals surface area contributed by atoms with Crippen LogP contribution >= 0.6 is 11.3 Å². The third-order valence-corrected chi connectivity index (χ3v) is 7.43. The van der Waals surface area contributed by atoms with Crippen molar-refractivity contribution in [2.75, 3.05) is 27.8 Å². The molecule has 0 aliphatic carbocycles. The molecule has 0 spiro atoms. The molecule has 0 bridgehead atoms. The van der Waals surface area contributed by atoms with E-state index < -0.39 is 21.9 Å². The number of ether oxygens (including phenoxy) is 2. The Labute approximate surface area is 189 Å². The number of thiazole rings is 1. The van der Waals surface area contributed by atoms with E-state index >= 15 is 0 Å². The van der Waals surface area contributed by atoms with Crippen LogP contribution in [0.2, 0.25) is 0 Å². The molecule has 170 valence electrons. The predicted octanol–water partition coefficient (Wildman–Crippen LogP) is 2.27. The second-order valence-corrected chi connectivity index (χ2v) is 9.97. The molecule has 1 aromatic heterocycles. The number of hydrogen-bond acceptors (Lipinski definition) is 7. The minimum atomic E-state index is -3.60. The minimum Gasteiger partial charge on any atom is -0.492 e. The summed E-state index contributed by atoms with van der Waals surface area (Å²) in [6, 6.07) is 11.0. The highest BCUT2D eigenvalue weighted by atomic mass is 32.2. The van der Waals surface area contributed by atoms with E-state index in [1.165, 1.54) is 56.8 Å². The summed E-state index contributed by atoms with van der Waals surface area (Å²) in [6.07, 6.45) is 0. The molecule has 2 aromatic carbocycles. The van der Waals surface area contributed by atoms with E-state index in [0.717, 1.165) is 9.01 Å². The van der Waals surface area contributed by atoms with Gasteiger partial charge in [0.2, 0.25) is 10.0 Å². The van der Waals surface area contributed by atoms with Gasteiger partial charge in [-0.15, -0.1) is 0 Å². The molecular weight excluding hydrogens is 454 g/mol. The number of nitrogens with zero attached hydrogens (tertiary/aromatic N) is 3. The number of para-hydroxylation sites is 1. The van der Waals surface area contributed by atoms with Gasteiger partial charge in [0.15, 0.2) is 4.80 Å². The maximum atomic E-state index is 12.8. The molecular formula is C21H23N3O6S2. The van der Waals surface area contributed by atoms with Crippen molar-refractivity contribution >= 4 is 43.5 Å². The number of carbonyl (C=O) groups is 2. The molecule has 11 heteroatoms. The molecule has 0 N–H and O–H groups in total. The van der Waals surface area contributed by atoms with Crippen molar-refractivity contribution in [2.24, 2.45) is 4.99 Å². The fraction of sp³-hybridized carbons (Fsp3) is 0.286. The lowest BCUT2D eigenvalue weighted by molar-refractivity contribution is -0.141. The van der Waals surface area contributed by atoms with Crippen LogP contribution in [-0.2, 0) is 26.1 Å². The number of carbonyl (C=O) groups excluding carboxylic acids is 2. The van der Waals surface area contributed by atoms with Gasteiger partial charge in [0.25, 0.3) is 5.91 Å². The van der Waals surface area contributed by atoms with Crippen molar-refractivity contribution in [3.8, 4) is 5.75 Å². The van der Waals surface area contributed by atoms with Crippen LogP contribution in [0.4, 0.5) is 0 Å². The molecule has 1 heterocycles. The van der Waals surface area contributed by atoms with Crippen molar-refractivity contribution in [1.82, 2.24) is 8.87 Å². The van der Waals surface area contributed by atoms with Gasteiger partial charge in [-0.25, -0.2) is 12.7 Å². The number of esters is 1. The number of sulfonamides is 1. The number of methoxy groups -OCH3 is 1. The molecule has 3 aromatic rings. The average molecular weight is 478 g/mol. The maximum Gasteiger partial charge on any atom is 0.325 e. The molecule has 3 rings (SSSR count). The third kappa shape index (κ3) is 4.74. The van der Waals surface area contributed by atoms with Gasteiger partial charge in [-0.3, -0.25) is 9.59 Å². The van der Waals surface area contributed by atoms with E-state index in [1.54, 1.807) is 10.6 Å². The molecule has 0 aliphatic rings. The molecule has 0 fully saturated rings. The Morgan fingerprint density at radius 3 is 2.41 bits per heavy atom. The van der Waals surface area contributed by atoms with E-state index in [9.17, 15) is 18.0 Å². The largest absolute Gasteiger partial charge is 0.492 e. The molecule has 0 atom stereocenters. The summed E-state index contributed by atoms with van der Waals surface area (Å²) in [5.74, 6) is -0.498. The standard InChI is InChI=1S/C21H23N3O6S2/c1-5-30-16-7-6-8-17-19(16)24(13-18(25)29-4)21(31-17)22-20(26)14-9-11-15(12-10-14)32(27,28)23(2)3/h6-12H,5,13H2,1-4H3. The summed E-state index contributed by atoms with van der Waals surface area (Å²) in [5.41, 5.74) is 0.860. The summed E-state index contributed by atoms with van der Waals surface area (Å²) < 4.78 is 38.4. The quantitative estimate of drug-likeness (QED) is 0.483. The first-order valence-corrected chi connectivity index (χ1v) is 11.9. The van der Waals surface area contributed by atoms with E-state index in [-0.39, 0.29) is 17.0 Å². The Hall–Kier alpha value is -3.02. The number of amides is 1. The maximum absolute atomic E-state index is 12.8. The highest BCUT2D eigenvalue weighted by Crippen LogP contribution is 2.28. The van der Waals surface area contributed by atoms with Crippen molar-refractivity contribution in [3.63, 3.8) is 0 Å². The van der Waals surface area contributed by atoms with E-state index in [4.69, 9.17) is 9.47 Å². The Kier molecular flexibility index (Phi) is 7.12. The number of aromatic nitrogens is 1. The van der Waals surface area contributed by atoms with Crippen molar-refractivity contribution in [3.05, 3.63) is 52.8 Å². The number of fused-ring (bicyclic) bond motifs is 1. The summed E-state index contributed by atoms with van der Waals surface area (Å²) >= 11 is 1.24. The monoisotopic (exact) mass is 477 g/mol. The van der Waals surface area contributed by atoms with Gasteiger partial charge in [0.1, 0.15) is 17.8 Å². The van der Waals surface area contributed by atoms with Crippen LogP contribution in [0.3, 0.4) is 0 Å². The van der Waals surface area contributed by atoms with Crippen LogP contribution in [0.25, 0.3) is 10.2 Å². The topological polar surface area (TPSA) is 107 Å². The van der Waals surface area contributed by atoms with Crippen molar-refractivity contribution in [2.45, 2.75) is 18.4 Å². The second kappa shape index (κ2) is 9.63. The van der Waals surface area contributed by atoms with Crippen molar-refractivity contribution < 1.29 is 27.5 Å². The van der Waals surface area contributed by atoms with Crippen LogP contribution in [0, 0.1) is 0 Å². The zero-order valence-corrected chi connectivity index (χ0v) is 19.7. The predicted molar refractivity (Wildman–Crippen MR) is 120 cm³/mol. The van der Waals surface area contributed by atoms with Gasteiger partial charge in [-0.1, -0.05) is 17.4 Å². The van der Waals surface area contributed by atoms with Crippen LogP contribution in [0.15, 0.2) is 52.4 Å². The second-order valence-electron chi connectivity index (χ2n) is 6.81. The summed E-state index contributed by atoms with van der Waals surface area (Å²) in [7, 11) is 0.544. The highest BCUT2D eigenvalue weighted by Gasteiger charge is 2.19. The molecule has 0 aliphatic heterocycles. The minimum absolute atomic E-state index is 0.0722. The van der Waals surface area contributed by atoms with Crippen LogP contribution in [-0.4, -0.2) is 57.0 Å². The summed E-state index contributed by atoms with van der Waals surface area (Å²) in [6.45, 7) is 2.14. The Balaban J connectivity index is 2.09. The smallest absolute Gasteiger partial charge is 0.325 e. The van der Waals surface area contributed by atoms with Crippen LogP contribution in [0.5, 0.6) is 5.75 Å². The Morgan fingerprint density at radius 2 is 1.81 bits per heavy atom. The zero-order valence-electron chi connectivity index (χ0n) is 18.1. The van der Waals surface area contributed by atoms with Gasteiger partial charge in [0, 0.05) is 19.7 Å². The number of rotatable bonds is 7. The van der Waals surface area contributed by atoms with E-state index in [2.05, 4.69) is 4.99 Å². The molecule has 0 saturated carbocycles. The van der Waals surface area contributed by atoms with E-state index in [0.29, 0.717) is 22.7 Å². The third-order valence-electron chi connectivity index (χ3n) is 4.56. The first-order chi connectivity index (χ1) is 15.2. The lowest BCUT2D eigenvalue weighted by atomic mass is 10.2. The summed E-state index contributed by atoms with van der Waals surface area (Å²) in [4.78, 5) is 29.4. The van der Waals surface area contributed by atoms with Crippen LogP contribution in [0.1, 0.15) is 17.3 Å². The molecule has 0 radical (unpaired) electrons. The Morgan fingerprint density at radius 1 is 1.12 bits per heavy atom. The normalized spacial score (nSPS) is 12.3. The van der Waals surface area contributed by atoms with Crippen molar-refractivity contribution in [1.29, 1.82) is 0 Å². The fourth-order valence-electron chi connectivity index (χ4n) is 2.93. The summed E-state index contributed by atoms with van der Waals surface area (Å²) in [5, 5.41) is 0. The Bertz CT molecular complexity index is 1320. The first kappa shape index (κ1) is 23.6. The lowest BCUT2D eigenvalue weighted by Gasteiger charge is -2.11. The van der Waals surface area contributed by atoms with Gasteiger partial charge < -0.3 is 14.0 Å². The lowest BCUT2D eigenvalue weighted by Crippen LogP contribution is -2.23. The van der Waals surface area contributed by atoms with Gasteiger partial charge in [-0.05, 0) is 43.3 Å². The molecule has 0 unspecified atom stereocenters. The zero-order chi connectivity index (χ0) is 23.5. The fourth-order valence-corrected chi connectivity index (χ4v) is 4.87. The van der Waals surface area contributed by atoms with Gasteiger partial charge in [-0.2, -0.15) is 4.99 Å². The molecule has 9 nitrogen and oxygen atoms in total. The molecule has 1 amide bonds. The van der Waals surface area contributed by atoms with Gasteiger partial charge in [0.05, 0.1) is 23.3 Å². The number of hydrogen-bond donors (Lipinski definition) is 0. The average Bonchev–Trinajstić information content (AvgIpc) is 3.11. The first-order valence-electron chi connectivity index (χ1n) is 9.62. The SMILES string of the molecule is CCOc1cccc2sc(=NC(=O)c3ccc(S(=O)(=O)N(C)C)cc3)n(CC(=O)OC)c12. The van der Waals surface area contributed by atoms with Gasteiger partial charge >= 0.3 is 5.97 Å². The molecule has 0 saturated heterocycles.